The van der Waals surface area contributed by atoms with Gasteiger partial charge in [-0.15, -0.1) is 0 Å². The molecule has 7 nitrogen and oxygen atoms in total. The number of carbonyl (C=O) groups excluding carboxylic acids is 1. The van der Waals surface area contributed by atoms with Gasteiger partial charge in [0.1, 0.15) is 6.61 Å². The molecule has 0 saturated heterocycles. The molecule has 0 spiro atoms. The van der Waals surface area contributed by atoms with Crippen molar-refractivity contribution in [2.45, 2.75) is 45.4 Å². The van der Waals surface area contributed by atoms with Crippen LogP contribution in [0.25, 0.3) is 22.3 Å². The third-order valence-electron chi connectivity index (χ3n) is 6.18. The summed E-state index contributed by atoms with van der Waals surface area (Å²) in [4.78, 5) is 30.3. The number of fused-ring (bicyclic) bond motifs is 5. The van der Waals surface area contributed by atoms with Crippen LogP contribution in [-0.2, 0) is 34.7 Å². The van der Waals surface area contributed by atoms with Crippen LogP contribution in [-0.4, -0.2) is 20.6 Å². The Hall–Kier alpha value is -3.19. The molecule has 1 unspecified atom stereocenters. The number of ether oxygens (including phenoxy) is 1. The van der Waals surface area contributed by atoms with Gasteiger partial charge >= 0.3 is 5.97 Å². The van der Waals surface area contributed by atoms with Crippen molar-refractivity contribution in [2.24, 2.45) is 0 Å². The van der Waals surface area contributed by atoms with Crippen LogP contribution in [0.3, 0.4) is 0 Å². The lowest BCUT2D eigenvalue weighted by atomic mass is 9.86. The predicted molar refractivity (Wildman–Crippen MR) is 108 cm³/mol. The Labute approximate surface area is 166 Å². The fourth-order valence-corrected chi connectivity index (χ4v) is 4.43. The molecule has 0 bridgehead atoms. The van der Waals surface area contributed by atoms with Gasteiger partial charge in [0.25, 0.3) is 5.56 Å². The molecule has 2 aromatic heterocycles. The number of anilines is 1. The number of hydrogen-bond acceptors (Lipinski definition) is 6. The van der Waals surface area contributed by atoms with Gasteiger partial charge in [0.05, 0.1) is 29.0 Å². The molecule has 2 aliphatic rings. The van der Waals surface area contributed by atoms with Crippen LogP contribution >= 0.6 is 0 Å². The molecule has 148 valence electrons. The molecular weight excluding hydrogens is 370 g/mol. The van der Waals surface area contributed by atoms with Gasteiger partial charge in [-0.3, -0.25) is 4.79 Å². The molecule has 1 atom stereocenters. The number of hydrogen-bond donors (Lipinski definition) is 2. The number of rotatable bonds is 2. The van der Waals surface area contributed by atoms with Gasteiger partial charge in [0, 0.05) is 22.2 Å². The lowest BCUT2D eigenvalue weighted by molar-refractivity contribution is -0.172. The first-order valence-corrected chi connectivity index (χ1v) is 9.77. The number of nitrogens with two attached hydrogens (primary N) is 1. The Kier molecular flexibility index (Phi) is 3.64. The Balaban J connectivity index is 1.82. The molecule has 3 N–H and O–H groups in total. The topological polar surface area (TPSA) is 107 Å². The zero-order valence-corrected chi connectivity index (χ0v) is 16.3. The van der Waals surface area contributed by atoms with Gasteiger partial charge < -0.3 is 20.1 Å². The molecule has 0 saturated carbocycles. The first-order chi connectivity index (χ1) is 13.9. The number of cyclic esters (lactones) is 1. The van der Waals surface area contributed by atoms with Crippen molar-refractivity contribution in [2.75, 3.05) is 5.73 Å². The monoisotopic (exact) mass is 391 g/mol. The lowest BCUT2D eigenvalue weighted by Crippen LogP contribution is -2.44. The van der Waals surface area contributed by atoms with E-state index >= 15 is 0 Å². The SMILES string of the molecule is CCc1ccc(N)c2cc3c(nc12)-c1cc2c(c(=O)n1C3)COC(=O)C2(O)CC. The highest BCUT2D eigenvalue weighted by Gasteiger charge is 2.45. The summed E-state index contributed by atoms with van der Waals surface area (Å²) >= 11 is 0. The summed E-state index contributed by atoms with van der Waals surface area (Å²) in [5.74, 6) is -0.720. The van der Waals surface area contributed by atoms with E-state index in [1.54, 1.807) is 17.6 Å². The van der Waals surface area contributed by atoms with Crippen molar-refractivity contribution < 1.29 is 14.6 Å². The smallest absolute Gasteiger partial charge is 0.343 e. The van der Waals surface area contributed by atoms with Crippen LogP contribution in [0.4, 0.5) is 5.69 Å². The van der Waals surface area contributed by atoms with E-state index in [1.165, 1.54) is 0 Å². The van der Waals surface area contributed by atoms with Crippen LogP contribution in [0.15, 0.2) is 29.1 Å². The zero-order valence-electron chi connectivity index (χ0n) is 16.3. The number of aromatic nitrogens is 2. The number of nitrogens with zero attached hydrogens (tertiary/aromatic N) is 2. The van der Waals surface area contributed by atoms with Crippen LogP contribution in [0.5, 0.6) is 0 Å². The van der Waals surface area contributed by atoms with E-state index in [0.717, 1.165) is 28.5 Å². The molecule has 1 aromatic carbocycles. The van der Waals surface area contributed by atoms with Crippen LogP contribution in [0, 0.1) is 0 Å². The highest BCUT2D eigenvalue weighted by Crippen LogP contribution is 2.39. The molecule has 7 heteroatoms. The summed E-state index contributed by atoms with van der Waals surface area (Å²) < 4.78 is 6.73. The van der Waals surface area contributed by atoms with Crippen molar-refractivity contribution in [1.29, 1.82) is 0 Å². The van der Waals surface area contributed by atoms with Gasteiger partial charge in [0.15, 0.2) is 5.60 Å². The van der Waals surface area contributed by atoms with Crippen molar-refractivity contribution in [3.8, 4) is 11.4 Å². The summed E-state index contributed by atoms with van der Waals surface area (Å²) in [5, 5.41) is 11.8. The summed E-state index contributed by atoms with van der Waals surface area (Å²) in [7, 11) is 0. The Bertz CT molecular complexity index is 1280. The first-order valence-electron chi connectivity index (χ1n) is 9.77. The van der Waals surface area contributed by atoms with Crippen LogP contribution in [0.2, 0.25) is 0 Å². The summed E-state index contributed by atoms with van der Waals surface area (Å²) in [6.07, 6.45) is 0.928. The molecule has 5 rings (SSSR count). The molecule has 0 aliphatic carbocycles. The number of aryl methyl sites for hydroxylation is 1. The third kappa shape index (κ3) is 2.25. The van der Waals surface area contributed by atoms with E-state index in [2.05, 4.69) is 6.92 Å². The van der Waals surface area contributed by atoms with Crippen LogP contribution in [0.1, 0.15) is 42.5 Å². The average Bonchev–Trinajstić information content (AvgIpc) is 3.09. The maximum Gasteiger partial charge on any atom is 0.343 e. The number of pyridine rings is 2. The normalized spacial score (nSPS) is 19.6. The van der Waals surface area contributed by atoms with E-state index in [-0.39, 0.29) is 18.6 Å². The van der Waals surface area contributed by atoms with Crippen molar-refractivity contribution in [3.05, 3.63) is 56.9 Å². The van der Waals surface area contributed by atoms with Gasteiger partial charge in [-0.05, 0) is 36.6 Å². The Morgan fingerprint density at radius 2 is 2.07 bits per heavy atom. The zero-order chi connectivity index (χ0) is 20.5. The first kappa shape index (κ1) is 17.9. The summed E-state index contributed by atoms with van der Waals surface area (Å²) in [5.41, 5.74) is 9.48. The fourth-order valence-electron chi connectivity index (χ4n) is 4.43. The van der Waals surface area contributed by atoms with Crippen LogP contribution < -0.4 is 11.3 Å². The number of benzene rings is 1. The second-order valence-corrected chi connectivity index (χ2v) is 7.66. The van der Waals surface area contributed by atoms with E-state index in [9.17, 15) is 14.7 Å². The minimum absolute atomic E-state index is 0.121. The summed E-state index contributed by atoms with van der Waals surface area (Å²) in [6.45, 7) is 3.99. The number of esters is 1. The standard InChI is InChI=1S/C22H21N3O4/c1-3-11-5-6-16(23)13-7-12-9-25-17(19(12)24-18(11)13)8-15-14(20(25)26)10-29-21(27)22(15,28)4-2/h5-8,28H,3-4,9-10,23H2,1-2H3. The predicted octanol–water partition coefficient (Wildman–Crippen LogP) is 2.22. The van der Waals surface area contributed by atoms with E-state index in [1.807, 2.05) is 18.2 Å². The van der Waals surface area contributed by atoms with Crippen molar-refractivity contribution >= 4 is 22.6 Å². The number of aliphatic hydroxyl groups is 1. The maximum atomic E-state index is 13.2. The molecule has 29 heavy (non-hydrogen) atoms. The Morgan fingerprint density at radius 1 is 1.28 bits per heavy atom. The minimum Gasteiger partial charge on any atom is -0.458 e. The van der Waals surface area contributed by atoms with E-state index in [4.69, 9.17) is 15.5 Å². The highest BCUT2D eigenvalue weighted by molar-refractivity contribution is 5.95. The number of carbonyl (C=O) groups is 1. The lowest BCUT2D eigenvalue weighted by Gasteiger charge is -2.31. The van der Waals surface area contributed by atoms with E-state index in [0.29, 0.717) is 34.7 Å². The van der Waals surface area contributed by atoms with Gasteiger partial charge in [-0.1, -0.05) is 19.9 Å². The van der Waals surface area contributed by atoms with Gasteiger partial charge in [-0.2, -0.15) is 0 Å². The maximum absolute atomic E-state index is 13.2. The van der Waals surface area contributed by atoms with E-state index < -0.39 is 11.6 Å². The molecule has 3 aromatic rings. The average molecular weight is 391 g/mol. The molecule has 0 fully saturated rings. The fraction of sp³-hybridized carbons (Fsp3) is 0.318. The minimum atomic E-state index is -1.82. The molecule has 0 radical (unpaired) electrons. The molecular formula is C22H21N3O4. The van der Waals surface area contributed by atoms with Crippen molar-refractivity contribution in [1.82, 2.24) is 9.55 Å². The second-order valence-electron chi connectivity index (χ2n) is 7.66. The van der Waals surface area contributed by atoms with Crippen molar-refractivity contribution in [3.63, 3.8) is 0 Å². The quantitative estimate of drug-likeness (QED) is 0.401. The van der Waals surface area contributed by atoms with Gasteiger partial charge in [-0.25, -0.2) is 9.78 Å². The number of nitrogen functional groups attached to an aromatic ring is 1. The summed E-state index contributed by atoms with van der Waals surface area (Å²) in [6, 6.07) is 7.57. The Morgan fingerprint density at radius 3 is 2.79 bits per heavy atom. The molecule has 2 aliphatic heterocycles. The highest BCUT2D eigenvalue weighted by atomic mass is 16.6. The molecule has 4 heterocycles. The third-order valence-corrected chi connectivity index (χ3v) is 6.18. The van der Waals surface area contributed by atoms with Gasteiger partial charge in [0.2, 0.25) is 0 Å². The molecule has 0 amide bonds. The second kappa shape index (κ2) is 5.90. The largest absolute Gasteiger partial charge is 0.458 e.